The molecule has 0 heterocycles. The minimum Gasteiger partial charge on any atom is -0.478 e. The van der Waals surface area contributed by atoms with Gasteiger partial charge in [-0.2, -0.15) is 5.26 Å². The van der Waals surface area contributed by atoms with Gasteiger partial charge in [0.05, 0.1) is 23.3 Å². The molecule has 19 heavy (non-hydrogen) atoms. The van der Waals surface area contributed by atoms with Crippen molar-refractivity contribution in [3.63, 3.8) is 0 Å². The number of carboxylic acids is 1. The molecule has 2 N–H and O–H groups in total. The van der Waals surface area contributed by atoms with Crippen LogP contribution in [0.4, 0.5) is 0 Å². The zero-order chi connectivity index (χ0) is 14.5. The molecule has 1 atom stereocenters. The third kappa shape index (κ3) is 5.07. The van der Waals surface area contributed by atoms with Gasteiger partial charge in [-0.1, -0.05) is 12.1 Å². The van der Waals surface area contributed by atoms with E-state index in [4.69, 9.17) is 10.4 Å². The normalized spacial score (nSPS) is 12.6. The second kappa shape index (κ2) is 6.31. The first-order valence-corrected chi connectivity index (χ1v) is 7.18. The SMILES string of the molecule is CC(C#N)CNS(=O)(=O)Cc1ccc(C(=O)O)cc1. The first-order valence-electron chi connectivity index (χ1n) is 5.53. The first kappa shape index (κ1) is 15.1. The van der Waals surface area contributed by atoms with Crippen molar-refractivity contribution >= 4 is 16.0 Å². The van der Waals surface area contributed by atoms with Gasteiger partial charge >= 0.3 is 5.97 Å². The van der Waals surface area contributed by atoms with Crippen molar-refractivity contribution in [2.45, 2.75) is 12.7 Å². The summed E-state index contributed by atoms with van der Waals surface area (Å²) >= 11 is 0. The monoisotopic (exact) mass is 282 g/mol. The molecule has 0 bridgehead atoms. The number of aromatic carboxylic acids is 1. The van der Waals surface area contributed by atoms with Gasteiger partial charge < -0.3 is 5.11 Å². The van der Waals surface area contributed by atoms with Gasteiger partial charge in [-0.05, 0) is 24.6 Å². The molecule has 0 saturated carbocycles. The smallest absolute Gasteiger partial charge is 0.335 e. The summed E-state index contributed by atoms with van der Waals surface area (Å²) in [4.78, 5) is 10.6. The fourth-order valence-electron chi connectivity index (χ4n) is 1.31. The molecule has 1 aromatic rings. The lowest BCUT2D eigenvalue weighted by molar-refractivity contribution is 0.0697. The number of nitriles is 1. The van der Waals surface area contributed by atoms with Gasteiger partial charge in [0.15, 0.2) is 0 Å². The van der Waals surface area contributed by atoms with E-state index < -0.39 is 21.9 Å². The van der Waals surface area contributed by atoms with Crippen molar-refractivity contribution in [3.8, 4) is 6.07 Å². The number of carboxylic acid groups (broad SMARTS) is 1. The lowest BCUT2D eigenvalue weighted by Crippen LogP contribution is -2.29. The van der Waals surface area contributed by atoms with E-state index >= 15 is 0 Å². The van der Waals surface area contributed by atoms with Crippen LogP contribution >= 0.6 is 0 Å². The van der Waals surface area contributed by atoms with Gasteiger partial charge in [0.2, 0.25) is 10.0 Å². The van der Waals surface area contributed by atoms with Crippen LogP contribution in [0, 0.1) is 17.2 Å². The quantitative estimate of drug-likeness (QED) is 0.808. The summed E-state index contributed by atoms with van der Waals surface area (Å²) in [7, 11) is -3.52. The Balaban J connectivity index is 2.68. The second-order valence-corrected chi connectivity index (χ2v) is 5.95. The third-order valence-corrected chi connectivity index (χ3v) is 3.71. The van der Waals surface area contributed by atoms with Crippen molar-refractivity contribution in [1.82, 2.24) is 4.72 Å². The largest absolute Gasteiger partial charge is 0.478 e. The van der Waals surface area contributed by atoms with Crippen LogP contribution in [0.25, 0.3) is 0 Å². The molecule has 1 aromatic carbocycles. The van der Waals surface area contributed by atoms with E-state index in [2.05, 4.69) is 4.72 Å². The van der Waals surface area contributed by atoms with Crippen LogP contribution in [-0.4, -0.2) is 26.0 Å². The van der Waals surface area contributed by atoms with Crippen molar-refractivity contribution < 1.29 is 18.3 Å². The molecule has 0 aliphatic heterocycles. The van der Waals surface area contributed by atoms with Gasteiger partial charge in [-0.25, -0.2) is 17.9 Å². The molecule has 7 heteroatoms. The lowest BCUT2D eigenvalue weighted by Gasteiger charge is -2.07. The third-order valence-electron chi connectivity index (χ3n) is 2.39. The van der Waals surface area contributed by atoms with Crippen molar-refractivity contribution in [1.29, 1.82) is 5.26 Å². The number of nitrogens with one attached hydrogen (secondary N) is 1. The van der Waals surface area contributed by atoms with Crippen molar-refractivity contribution in [2.75, 3.05) is 6.54 Å². The van der Waals surface area contributed by atoms with E-state index in [1.807, 2.05) is 6.07 Å². The summed E-state index contributed by atoms with van der Waals surface area (Å²) in [6.45, 7) is 1.68. The van der Waals surface area contributed by atoms with Crippen LogP contribution in [0.5, 0.6) is 0 Å². The Morgan fingerprint density at radius 2 is 2.00 bits per heavy atom. The molecule has 6 nitrogen and oxygen atoms in total. The summed E-state index contributed by atoms with van der Waals surface area (Å²) in [6.07, 6.45) is 0. The topological polar surface area (TPSA) is 107 Å². The molecule has 0 aliphatic rings. The van der Waals surface area contributed by atoms with E-state index in [1.165, 1.54) is 24.3 Å². The highest BCUT2D eigenvalue weighted by molar-refractivity contribution is 7.88. The van der Waals surface area contributed by atoms with E-state index in [9.17, 15) is 13.2 Å². The second-order valence-electron chi connectivity index (χ2n) is 4.14. The molecular weight excluding hydrogens is 268 g/mol. The Hall–Kier alpha value is -1.91. The van der Waals surface area contributed by atoms with Crippen LogP contribution in [0.3, 0.4) is 0 Å². The average molecular weight is 282 g/mol. The molecule has 0 aliphatic carbocycles. The Morgan fingerprint density at radius 3 is 2.47 bits per heavy atom. The number of sulfonamides is 1. The fourth-order valence-corrected chi connectivity index (χ4v) is 2.55. The summed E-state index contributed by atoms with van der Waals surface area (Å²) in [5, 5.41) is 17.3. The van der Waals surface area contributed by atoms with Gasteiger partial charge in [0, 0.05) is 6.54 Å². The molecule has 0 saturated heterocycles. The van der Waals surface area contributed by atoms with Crippen LogP contribution in [-0.2, 0) is 15.8 Å². The van der Waals surface area contributed by atoms with Gasteiger partial charge in [-0.15, -0.1) is 0 Å². The molecule has 0 amide bonds. The van der Waals surface area contributed by atoms with Gasteiger partial charge in [-0.3, -0.25) is 0 Å². The molecule has 0 spiro atoms. The maximum absolute atomic E-state index is 11.7. The van der Waals surface area contributed by atoms with Gasteiger partial charge in [0.25, 0.3) is 0 Å². The minimum absolute atomic E-state index is 0.0616. The molecule has 0 fully saturated rings. The van der Waals surface area contributed by atoms with Crippen molar-refractivity contribution in [3.05, 3.63) is 35.4 Å². The van der Waals surface area contributed by atoms with E-state index in [-0.39, 0.29) is 17.9 Å². The van der Waals surface area contributed by atoms with E-state index in [0.29, 0.717) is 5.56 Å². The predicted molar refractivity (Wildman–Crippen MR) is 68.8 cm³/mol. The Bertz CT molecular complexity index is 587. The molecule has 0 radical (unpaired) electrons. The standard InChI is InChI=1S/C12H14N2O4S/c1-9(6-13)7-14-19(17,18)8-10-2-4-11(5-3-10)12(15)16/h2-5,9,14H,7-8H2,1H3,(H,15,16). The Labute approximate surface area is 111 Å². The van der Waals surface area contributed by atoms with Crippen LogP contribution in [0.1, 0.15) is 22.8 Å². The number of hydrogen-bond donors (Lipinski definition) is 2. The zero-order valence-corrected chi connectivity index (χ0v) is 11.1. The number of benzene rings is 1. The lowest BCUT2D eigenvalue weighted by atomic mass is 10.1. The highest BCUT2D eigenvalue weighted by Crippen LogP contribution is 2.08. The van der Waals surface area contributed by atoms with E-state index in [0.717, 1.165) is 0 Å². The number of rotatable bonds is 6. The summed E-state index contributed by atoms with van der Waals surface area (Å²) in [5.41, 5.74) is 0.592. The molecule has 1 rings (SSSR count). The summed E-state index contributed by atoms with van der Waals surface area (Å²) in [5.74, 6) is -1.70. The maximum atomic E-state index is 11.7. The number of carbonyl (C=O) groups is 1. The zero-order valence-electron chi connectivity index (χ0n) is 10.3. The molecule has 1 unspecified atom stereocenters. The molecule has 0 aromatic heterocycles. The summed E-state index contributed by atoms with van der Waals surface area (Å²) in [6, 6.07) is 7.54. The average Bonchev–Trinajstić information content (AvgIpc) is 2.36. The summed E-state index contributed by atoms with van der Waals surface area (Å²) < 4.78 is 25.7. The van der Waals surface area contributed by atoms with Crippen molar-refractivity contribution in [2.24, 2.45) is 5.92 Å². The highest BCUT2D eigenvalue weighted by Gasteiger charge is 2.13. The van der Waals surface area contributed by atoms with E-state index in [1.54, 1.807) is 6.92 Å². The minimum atomic E-state index is -3.52. The van der Waals surface area contributed by atoms with Crippen LogP contribution in [0.2, 0.25) is 0 Å². The van der Waals surface area contributed by atoms with Crippen LogP contribution in [0.15, 0.2) is 24.3 Å². The Kier molecular flexibility index (Phi) is 5.03. The predicted octanol–water partition coefficient (Wildman–Crippen LogP) is 0.964. The maximum Gasteiger partial charge on any atom is 0.335 e. The van der Waals surface area contributed by atoms with Crippen LogP contribution < -0.4 is 4.72 Å². The molecular formula is C12H14N2O4S. The molecule has 102 valence electrons. The fraction of sp³-hybridized carbons (Fsp3) is 0.333. The highest BCUT2D eigenvalue weighted by atomic mass is 32.2. The van der Waals surface area contributed by atoms with Gasteiger partial charge in [0.1, 0.15) is 0 Å². The number of hydrogen-bond acceptors (Lipinski definition) is 4. The Morgan fingerprint density at radius 1 is 1.42 bits per heavy atom. The number of nitrogens with zero attached hydrogens (tertiary/aromatic N) is 1. The first-order chi connectivity index (χ1) is 8.84.